The van der Waals surface area contributed by atoms with Crippen LogP contribution in [0.5, 0.6) is 0 Å². The molecule has 0 bridgehead atoms. The van der Waals surface area contributed by atoms with Gasteiger partial charge in [-0.1, -0.05) is 0 Å². The van der Waals surface area contributed by atoms with E-state index in [0.29, 0.717) is 0 Å². The van der Waals surface area contributed by atoms with Gasteiger partial charge in [0.2, 0.25) is 0 Å². The molecule has 0 amide bonds. The first kappa shape index (κ1) is 11.4. The highest BCUT2D eigenvalue weighted by Crippen LogP contribution is 2.23. The molecular weight excluding hydrogens is 204 g/mol. The number of rotatable bonds is 3. The Morgan fingerprint density at radius 2 is 2.12 bits per heavy atom. The molecule has 0 aliphatic carbocycles. The highest BCUT2D eigenvalue weighted by atomic mass is 16.3. The van der Waals surface area contributed by atoms with Crippen LogP contribution in [0.25, 0.3) is 0 Å². The number of furan rings is 1. The number of ketones is 1. The van der Waals surface area contributed by atoms with Gasteiger partial charge in [-0.25, -0.2) is 0 Å². The summed E-state index contributed by atoms with van der Waals surface area (Å²) in [6, 6.07) is 3.60. The van der Waals surface area contributed by atoms with Gasteiger partial charge in [-0.2, -0.15) is 0 Å². The van der Waals surface area contributed by atoms with Crippen LogP contribution < -0.4 is 5.32 Å². The van der Waals surface area contributed by atoms with Crippen molar-refractivity contribution in [2.24, 2.45) is 0 Å². The van der Waals surface area contributed by atoms with Crippen LogP contribution in [-0.4, -0.2) is 36.9 Å². The van der Waals surface area contributed by atoms with Crippen molar-refractivity contribution in [1.29, 1.82) is 0 Å². The molecule has 1 saturated heterocycles. The maximum Gasteiger partial charge on any atom is 0.154 e. The summed E-state index contributed by atoms with van der Waals surface area (Å²) in [5.41, 5.74) is 0. The van der Waals surface area contributed by atoms with Gasteiger partial charge in [-0.05, 0) is 26.0 Å². The molecule has 0 radical (unpaired) electrons. The Hall–Kier alpha value is -1.13. The van der Waals surface area contributed by atoms with Crippen LogP contribution in [0.4, 0.5) is 0 Å². The second-order valence-electron chi connectivity index (χ2n) is 4.25. The monoisotopic (exact) mass is 222 g/mol. The van der Waals surface area contributed by atoms with E-state index < -0.39 is 0 Å². The Morgan fingerprint density at radius 3 is 2.62 bits per heavy atom. The van der Waals surface area contributed by atoms with E-state index in [1.54, 1.807) is 6.92 Å². The third-order valence-corrected chi connectivity index (χ3v) is 2.93. The number of aryl methyl sites for hydroxylation is 1. The minimum atomic E-state index is -0.212. The van der Waals surface area contributed by atoms with E-state index in [1.165, 1.54) is 0 Å². The summed E-state index contributed by atoms with van der Waals surface area (Å²) in [4.78, 5) is 13.9. The smallest absolute Gasteiger partial charge is 0.154 e. The second kappa shape index (κ2) is 4.80. The summed E-state index contributed by atoms with van der Waals surface area (Å²) in [7, 11) is 0. The average Bonchev–Trinajstić information content (AvgIpc) is 2.66. The lowest BCUT2D eigenvalue weighted by atomic mass is 10.1. The number of Topliss-reactive ketones (excluding diaryl/α,β-unsaturated/α-hetero) is 1. The third-order valence-electron chi connectivity index (χ3n) is 2.93. The molecular formula is C12H18N2O2. The molecule has 4 heteroatoms. The lowest BCUT2D eigenvalue weighted by Crippen LogP contribution is -2.46. The topological polar surface area (TPSA) is 45.5 Å². The summed E-state index contributed by atoms with van der Waals surface area (Å²) >= 11 is 0. The van der Waals surface area contributed by atoms with Gasteiger partial charge in [0.15, 0.2) is 5.78 Å². The number of hydrogen-bond acceptors (Lipinski definition) is 4. The second-order valence-corrected chi connectivity index (χ2v) is 4.25. The predicted octanol–water partition coefficient (Wildman–Crippen LogP) is 1.12. The quantitative estimate of drug-likeness (QED) is 0.832. The Labute approximate surface area is 95.6 Å². The molecule has 1 N–H and O–H groups in total. The molecule has 1 aromatic rings. The van der Waals surface area contributed by atoms with Crippen molar-refractivity contribution in [3.05, 3.63) is 23.7 Å². The Bertz CT molecular complexity index is 367. The van der Waals surface area contributed by atoms with E-state index in [9.17, 15) is 4.79 Å². The fraction of sp³-hybridized carbons (Fsp3) is 0.583. The SMILES string of the molecule is CC(=O)C(c1ccc(C)o1)N1CCNCC1. The summed E-state index contributed by atoms with van der Waals surface area (Å²) in [6.07, 6.45) is 0. The summed E-state index contributed by atoms with van der Waals surface area (Å²) < 4.78 is 5.58. The van der Waals surface area contributed by atoms with Crippen LogP contribution in [0.2, 0.25) is 0 Å². The van der Waals surface area contributed by atoms with E-state index in [1.807, 2.05) is 19.1 Å². The maximum absolute atomic E-state index is 11.7. The van der Waals surface area contributed by atoms with Crippen molar-refractivity contribution in [3.63, 3.8) is 0 Å². The Morgan fingerprint density at radius 1 is 1.44 bits per heavy atom. The summed E-state index contributed by atoms with van der Waals surface area (Å²) in [5.74, 6) is 1.78. The maximum atomic E-state index is 11.7. The predicted molar refractivity (Wildman–Crippen MR) is 61.3 cm³/mol. The molecule has 0 saturated carbocycles. The first-order chi connectivity index (χ1) is 7.68. The van der Waals surface area contributed by atoms with Crippen LogP contribution in [0.3, 0.4) is 0 Å². The molecule has 2 heterocycles. The largest absolute Gasteiger partial charge is 0.464 e. The molecule has 1 aliphatic rings. The van der Waals surface area contributed by atoms with Crippen LogP contribution in [0.1, 0.15) is 24.5 Å². The zero-order valence-corrected chi connectivity index (χ0v) is 9.82. The van der Waals surface area contributed by atoms with Crippen molar-refractivity contribution in [1.82, 2.24) is 10.2 Å². The van der Waals surface area contributed by atoms with Gasteiger partial charge in [0.1, 0.15) is 17.6 Å². The molecule has 0 aromatic carbocycles. The zero-order chi connectivity index (χ0) is 11.5. The summed E-state index contributed by atoms with van der Waals surface area (Å²) in [5, 5.41) is 3.28. The van der Waals surface area contributed by atoms with E-state index in [-0.39, 0.29) is 11.8 Å². The van der Waals surface area contributed by atoms with Crippen molar-refractivity contribution in [3.8, 4) is 0 Å². The molecule has 88 valence electrons. The van der Waals surface area contributed by atoms with Gasteiger partial charge in [0.25, 0.3) is 0 Å². The van der Waals surface area contributed by atoms with Gasteiger partial charge < -0.3 is 9.73 Å². The van der Waals surface area contributed by atoms with Gasteiger partial charge in [0.05, 0.1) is 0 Å². The fourth-order valence-electron chi connectivity index (χ4n) is 2.18. The van der Waals surface area contributed by atoms with Crippen LogP contribution >= 0.6 is 0 Å². The molecule has 1 unspecified atom stereocenters. The van der Waals surface area contributed by atoms with Crippen LogP contribution in [0.15, 0.2) is 16.5 Å². The highest BCUT2D eigenvalue weighted by molar-refractivity contribution is 5.82. The molecule has 1 atom stereocenters. The fourth-order valence-corrected chi connectivity index (χ4v) is 2.18. The van der Waals surface area contributed by atoms with E-state index in [0.717, 1.165) is 37.7 Å². The Kier molecular flexibility index (Phi) is 3.41. The van der Waals surface area contributed by atoms with Crippen molar-refractivity contribution < 1.29 is 9.21 Å². The van der Waals surface area contributed by atoms with Gasteiger partial charge in [0, 0.05) is 26.2 Å². The molecule has 1 aromatic heterocycles. The minimum Gasteiger partial charge on any atom is -0.464 e. The third kappa shape index (κ3) is 2.33. The number of nitrogens with one attached hydrogen (secondary N) is 1. The van der Waals surface area contributed by atoms with Crippen LogP contribution in [0, 0.1) is 6.92 Å². The van der Waals surface area contributed by atoms with Gasteiger partial charge in [-0.3, -0.25) is 9.69 Å². The molecule has 0 spiro atoms. The van der Waals surface area contributed by atoms with Crippen molar-refractivity contribution in [2.75, 3.05) is 26.2 Å². The zero-order valence-electron chi connectivity index (χ0n) is 9.82. The number of hydrogen-bond donors (Lipinski definition) is 1. The van der Waals surface area contributed by atoms with E-state index in [4.69, 9.17) is 4.42 Å². The lowest BCUT2D eigenvalue weighted by molar-refractivity contribution is -0.123. The first-order valence-corrected chi connectivity index (χ1v) is 5.70. The first-order valence-electron chi connectivity index (χ1n) is 5.70. The highest BCUT2D eigenvalue weighted by Gasteiger charge is 2.28. The average molecular weight is 222 g/mol. The molecule has 2 rings (SSSR count). The molecule has 4 nitrogen and oxygen atoms in total. The number of piperazine rings is 1. The van der Waals surface area contributed by atoms with E-state index >= 15 is 0 Å². The summed E-state index contributed by atoms with van der Waals surface area (Å²) in [6.45, 7) is 7.18. The molecule has 1 fully saturated rings. The van der Waals surface area contributed by atoms with Crippen LogP contribution in [-0.2, 0) is 4.79 Å². The Balaban J connectivity index is 2.19. The molecule has 1 aliphatic heterocycles. The number of nitrogens with zero attached hydrogens (tertiary/aromatic N) is 1. The number of carbonyl (C=O) groups excluding carboxylic acids is 1. The van der Waals surface area contributed by atoms with Crippen molar-refractivity contribution in [2.45, 2.75) is 19.9 Å². The number of carbonyl (C=O) groups is 1. The minimum absolute atomic E-state index is 0.149. The normalized spacial score (nSPS) is 19.6. The van der Waals surface area contributed by atoms with Crippen molar-refractivity contribution >= 4 is 5.78 Å². The standard InChI is InChI=1S/C12H18N2O2/c1-9-3-4-11(16-9)12(10(2)15)14-7-5-13-6-8-14/h3-4,12-13H,5-8H2,1-2H3. The lowest BCUT2D eigenvalue weighted by Gasteiger charge is -2.32. The molecule has 16 heavy (non-hydrogen) atoms. The van der Waals surface area contributed by atoms with Gasteiger partial charge >= 0.3 is 0 Å². The van der Waals surface area contributed by atoms with E-state index in [2.05, 4.69) is 10.2 Å². The van der Waals surface area contributed by atoms with Gasteiger partial charge in [-0.15, -0.1) is 0 Å².